The number of hydrogen-bond donors (Lipinski definition) is 2. The van der Waals surface area contributed by atoms with Crippen molar-refractivity contribution in [3.05, 3.63) is 46.7 Å². The maximum atomic E-state index is 13.8. The largest absolute Gasteiger partial charge is 0.454 e. The molecule has 0 spiro atoms. The molecule has 2 atom stereocenters. The van der Waals surface area contributed by atoms with Gasteiger partial charge in [-0.2, -0.15) is 0 Å². The van der Waals surface area contributed by atoms with E-state index in [4.69, 9.17) is 4.74 Å². The summed E-state index contributed by atoms with van der Waals surface area (Å²) in [7, 11) is 0. The number of likely N-dealkylation sites (tertiary alicyclic amines) is 1. The van der Waals surface area contributed by atoms with Gasteiger partial charge in [-0.25, -0.2) is 14.2 Å². The number of carbonyl (C=O) groups is 3. The lowest BCUT2D eigenvalue weighted by Gasteiger charge is -2.23. The van der Waals surface area contributed by atoms with Crippen molar-refractivity contribution < 1.29 is 28.6 Å². The minimum atomic E-state index is -1.03. The van der Waals surface area contributed by atoms with Gasteiger partial charge >= 0.3 is 5.97 Å². The zero-order valence-corrected chi connectivity index (χ0v) is 16.4. The Hall–Kier alpha value is -2.85. The smallest absolute Gasteiger partial charge is 0.329 e. The van der Waals surface area contributed by atoms with Gasteiger partial charge in [-0.1, -0.05) is 18.2 Å². The van der Waals surface area contributed by atoms with Crippen LogP contribution in [0, 0.1) is 12.7 Å². The maximum absolute atomic E-state index is 13.8. The third-order valence-corrected chi connectivity index (χ3v) is 5.26. The molecule has 8 nitrogen and oxygen atoms in total. The van der Waals surface area contributed by atoms with E-state index in [2.05, 4.69) is 10.3 Å². The number of esters is 1. The van der Waals surface area contributed by atoms with Crippen LogP contribution in [0.25, 0.3) is 0 Å². The molecule has 3 rings (SSSR count). The van der Waals surface area contributed by atoms with E-state index in [1.165, 1.54) is 34.4 Å². The molecule has 2 N–H and O–H groups in total. The van der Waals surface area contributed by atoms with Crippen LogP contribution in [-0.2, 0) is 25.5 Å². The minimum Gasteiger partial charge on any atom is -0.454 e. The number of β-amino-alcohol motifs (C(OH)–C–C–N with tert-alkyl or cyclic N) is 1. The number of amides is 2. The second kappa shape index (κ2) is 9.10. The summed E-state index contributed by atoms with van der Waals surface area (Å²) in [6.07, 6.45) is -1.15. The Morgan fingerprint density at radius 2 is 2.14 bits per heavy atom. The van der Waals surface area contributed by atoms with Crippen LogP contribution in [0.2, 0.25) is 0 Å². The van der Waals surface area contributed by atoms with E-state index < -0.39 is 42.4 Å². The average Bonchev–Trinajstić information content (AvgIpc) is 3.27. The summed E-state index contributed by atoms with van der Waals surface area (Å²) in [5.41, 5.74) is 0.954. The Morgan fingerprint density at radius 3 is 2.83 bits per heavy atom. The zero-order chi connectivity index (χ0) is 21.0. The van der Waals surface area contributed by atoms with E-state index in [-0.39, 0.29) is 24.9 Å². The monoisotopic (exact) mass is 421 g/mol. The van der Waals surface area contributed by atoms with Crippen molar-refractivity contribution in [1.29, 1.82) is 0 Å². The molecule has 10 heteroatoms. The number of ether oxygens (including phenoxy) is 1. The third kappa shape index (κ3) is 5.36. The summed E-state index contributed by atoms with van der Waals surface area (Å²) in [5.74, 6) is -2.38. The van der Waals surface area contributed by atoms with Crippen LogP contribution in [0.5, 0.6) is 0 Å². The standard InChI is InChI=1S/C19H20FN3O5S/c1-11-10-29-19(21-11)22-16(25)9-28-18(27)15-7-13(24)8-23(15)17(26)6-12-4-2-3-5-14(12)20/h2-5,10,13,15,24H,6-9H2,1H3,(H,21,22,25). The molecule has 1 aliphatic heterocycles. The Labute approximate surface area is 170 Å². The first-order valence-electron chi connectivity index (χ1n) is 8.93. The van der Waals surface area contributed by atoms with Crippen molar-refractivity contribution >= 4 is 34.3 Å². The number of aliphatic hydroxyl groups is 1. The van der Waals surface area contributed by atoms with E-state index in [9.17, 15) is 23.9 Å². The number of carbonyl (C=O) groups excluding carboxylic acids is 3. The second-order valence-corrected chi connectivity index (χ2v) is 7.53. The van der Waals surface area contributed by atoms with Crippen LogP contribution in [0.15, 0.2) is 29.6 Å². The molecule has 1 fully saturated rings. The fourth-order valence-electron chi connectivity index (χ4n) is 3.02. The first kappa shape index (κ1) is 20.9. The average molecular weight is 421 g/mol. The zero-order valence-electron chi connectivity index (χ0n) is 15.6. The number of anilines is 1. The summed E-state index contributed by atoms with van der Waals surface area (Å²) in [6, 6.07) is 4.83. The predicted molar refractivity (Wildman–Crippen MR) is 103 cm³/mol. The molecule has 1 aromatic heterocycles. The second-order valence-electron chi connectivity index (χ2n) is 6.67. The van der Waals surface area contributed by atoms with Crippen molar-refractivity contribution in [3.63, 3.8) is 0 Å². The first-order valence-corrected chi connectivity index (χ1v) is 9.81. The molecule has 2 amide bonds. The molecular weight excluding hydrogens is 401 g/mol. The molecule has 1 saturated heterocycles. The fraction of sp³-hybridized carbons (Fsp3) is 0.368. The lowest BCUT2D eigenvalue weighted by Crippen LogP contribution is -2.43. The number of aromatic nitrogens is 1. The normalized spacial score (nSPS) is 18.5. The topological polar surface area (TPSA) is 109 Å². The summed E-state index contributed by atoms with van der Waals surface area (Å²) in [6.45, 7) is 1.18. The Balaban J connectivity index is 1.57. The molecule has 1 aliphatic rings. The highest BCUT2D eigenvalue weighted by Crippen LogP contribution is 2.21. The third-order valence-electron chi connectivity index (χ3n) is 4.38. The van der Waals surface area contributed by atoms with Crippen LogP contribution in [0.4, 0.5) is 9.52 Å². The van der Waals surface area contributed by atoms with Gasteiger partial charge in [-0.3, -0.25) is 14.9 Å². The van der Waals surface area contributed by atoms with Crippen LogP contribution in [-0.4, -0.2) is 58.1 Å². The Bertz CT molecular complexity index is 919. The van der Waals surface area contributed by atoms with Crippen LogP contribution in [0.1, 0.15) is 17.7 Å². The number of aryl methyl sites for hydroxylation is 1. The van der Waals surface area contributed by atoms with Gasteiger partial charge < -0.3 is 14.7 Å². The van der Waals surface area contributed by atoms with Gasteiger partial charge in [-0.15, -0.1) is 11.3 Å². The molecule has 0 saturated carbocycles. The molecule has 0 bridgehead atoms. The first-order chi connectivity index (χ1) is 13.8. The lowest BCUT2D eigenvalue weighted by atomic mass is 10.1. The van der Waals surface area contributed by atoms with E-state index in [0.29, 0.717) is 5.13 Å². The van der Waals surface area contributed by atoms with E-state index in [0.717, 1.165) is 5.69 Å². The molecule has 2 unspecified atom stereocenters. The SMILES string of the molecule is Cc1csc(NC(=O)COC(=O)C2CC(O)CN2C(=O)Cc2ccccc2F)n1. The molecule has 0 aliphatic carbocycles. The summed E-state index contributed by atoms with van der Waals surface area (Å²) >= 11 is 1.24. The Morgan fingerprint density at radius 1 is 1.38 bits per heavy atom. The highest BCUT2D eigenvalue weighted by atomic mass is 32.1. The van der Waals surface area contributed by atoms with E-state index in [1.54, 1.807) is 18.4 Å². The van der Waals surface area contributed by atoms with Gasteiger partial charge in [0.05, 0.1) is 18.2 Å². The molecule has 154 valence electrons. The van der Waals surface area contributed by atoms with E-state index in [1.807, 2.05) is 0 Å². The predicted octanol–water partition coefficient (Wildman–Crippen LogP) is 1.28. The van der Waals surface area contributed by atoms with Crippen LogP contribution >= 0.6 is 11.3 Å². The number of rotatable bonds is 6. The minimum absolute atomic E-state index is 0.00482. The molecule has 29 heavy (non-hydrogen) atoms. The molecule has 0 radical (unpaired) electrons. The molecule has 2 heterocycles. The van der Waals surface area contributed by atoms with Crippen molar-refractivity contribution in [1.82, 2.24) is 9.88 Å². The van der Waals surface area contributed by atoms with Gasteiger partial charge in [-0.05, 0) is 18.6 Å². The van der Waals surface area contributed by atoms with Gasteiger partial charge in [0.2, 0.25) is 5.91 Å². The van der Waals surface area contributed by atoms with Crippen LogP contribution in [0.3, 0.4) is 0 Å². The van der Waals surface area contributed by atoms with E-state index >= 15 is 0 Å². The number of thiazole rings is 1. The van der Waals surface area contributed by atoms with Gasteiger partial charge in [0.25, 0.3) is 5.91 Å². The highest BCUT2D eigenvalue weighted by molar-refractivity contribution is 7.13. The van der Waals surface area contributed by atoms with Crippen molar-refractivity contribution in [2.75, 3.05) is 18.5 Å². The summed E-state index contributed by atoms with van der Waals surface area (Å²) < 4.78 is 18.8. The maximum Gasteiger partial charge on any atom is 0.329 e. The number of benzene rings is 1. The van der Waals surface area contributed by atoms with Crippen LogP contribution < -0.4 is 5.32 Å². The highest BCUT2D eigenvalue weighted by Gasteiger charge is 2.40. The molecular formula is C19H20FN3O5S. The Kier molecular flexibility index (Phi) is 6.55. The van der Waals surface area contributed by atoms with Crippen molar-refractivity contribution in [2.45, 2.75) is 31.9 Å². The quantitative estimate of drug-likeness (QED) is 0.680. The van der Waals surface area contributed by atoms with Gasteiger partial charge in [0.15, 0.2) is 11.7 Å². The lowest BCUT2D eigenvalue weighted by molar-refractivity contribution is -0.155. The fourth-order valence-corrected chi connectivity index (χ4v) is 3.72. The number of halogens is 1. The number of nitrogens with zero attached hydrogens (tertiary/aromatic N) is 2. The summed E-state index contributed by atoms with van der Waals surface area (Å²) in [5, 5.41) is 14.6. The van der Waals surface area contributed by atoms with Crippen molar-refractivity contribution in [2.24, 2.45) is 0 Å². The number of aliphatic hydroxyl groups excluding tert-OH is 1. The summed E-state index contributed by atoms with van der Waals surface area (Å²) in [4.78, 5) is 42.1. The molecule has 2 aromatic rings. The van der Waals surface area contributed by atoms with Gasteiger partial charge in [0, 0.05) is 18.3 Å². The van der Waals surface area contributed by atoms with Crippen molar-refractivity contribution in [3.8, 4) is 0 Å². The molecule has 1 aromatic carbocycles. The number of hydrogen-bond acceptors (Lipinski definition) is 7. The number of nitrogens with one attached hydrogen (secondary N) is 1. The van der Waals surface area contributed by atoms with Gasteiger partial charge in [0.1, 0.15) is 11.9 Å².